The van der Waals surface area contributed by atoms with Gasteiger partial charge in [-0.1, -0.05) is 33.6 Å². The van der Waals surface area contributed by atoms with Crippen molar-refractivity contribution >= 4 is 11.6 Å². The molecule has 0 aliphatic heterocycles. The van der Waals surface area contributed by atoms with Gasteiger partial charge in [-0.25, -0.2) is 9.97 Å². The van der Waals surface area contributed by atoms with Crippen molar-refractivity contribution in [1.82, 2.24) is 14.9 Å². The number of anilines is 1. The minimum atomic E-state index is -0.0945. The van der Waals surface area contributed by atoms with Crippen molar-refractivity contribution in [3.8, 4) is 0 Å². The van der Waals surface area contributed by atoms with E-state index >= 15 is 0 Å². The Kier molecular flexibility index (Phi) is 6.59. The van der Waals surface area contributed by atoms with Gasteiger partial charge in [-0.2, -0.15) is 0 Å². The zero-order chi connectivity index (χ0) is 16.0. The zero-order valence-corrected chi connectivity index (χ0v) is 13.9. The monoisotopic (exact) mass is 292 g/mol. The highest BCUT2D eigenvalue weighted by atomic mass is 16.2. The average Bonchev–Trinajstić information content (AvgIpc) is 2.42. The molecule has 0 aliphatic carbocycles. The Bertz CT molecular complexity index is 471. The van der Waals surface area contributed by atoms with Crippen LogP contribution in [0.5, 0.6) is 0 Å². The smallest absolute Gasteiger partial charge is 0.274 e. The molecule has 0 aliphatic rings. The quantitative estimate of drug-likeness (QED) is 0.783. The summed E-state index contributed by atoms with van der Waals surface area (Å²) in [4.78, 5) is 23.1. The van der Waals surface area contributed by atoms with E-state index in [1.54, 1.807) is 6.20 Å². The molecule has 0 saturated heterocycles. The number of carbonyl (C=O) groups excluding carboxylic acids is 1. The van der Waals surface area contributed by atoms with Crippen LogP contribution in [-0.4, -0.2) is 33.4 Å². The topological polar surface area (TPSA) is 72.1 Å². The SMILES string of the molecule is CCCCCN(C(=O)c1nc(C(C)C)ncc1N)C(C)C. The van der Waals surface area contributed by atoms with Gasteiger partial charge < -0.3 is 10.6 Å². The second-order valence-corrected chi connectivity index (χ2v) is 5.99. The maximum atomic E-state index is 12.7. The summed E-state index contributed by atoms with van der Waals surface area (Å²) >= 11 is 0. The van der Waals surface area contributed by atoms with Gasteiger partial charge in [0.15, 0.2) is 5.69 Å². The summed E-state index contributed by atoms with van der Waals surface area (Å²) in [5, 5.41) is 0. The molecule has 1 amide bonds. The summed E-state index contributed by atoms with van der Waals surface area (Å²) in [5.41, 5.74) is 6.60. The summed E-state index contributed by atoms with van der Waals surface area (Å²) in [7, 11) is 0. The molecule has 21 heavy (non-hydrogen) atoms. The first-order valence-electron chi connectivity index (χ1n) is 7.81. The molecule has 1 heterocycles. The highest BCUT2D eigenvalue weighted by Crippen LogP contribution is 2.17. The first kappa shape index (κ1) is 17.4. The second kappa shape index (κ2) is 7.96. The molecule has 0 unspecified atom stereocenters. The molecule has 0 radical (unpaired) electrons. The molecule has 5 nitrogen and oxygen atoms in total. The van der Waals surface area contributed by atoms with Crippen molar-refractivity contribution in [2.45, 2.75) is 65.8 Å². The Labute approximate surface area is 128 Å². The Hall–Kier alpha value is -1.65. The predicted molar refractivity (Wildman–Crippen MR) is 86.2 cm³/mol. The van der Waals surface area contributed by atoms with Crippen LogP contribution in [0.25, 0.3) is 0 Å². The number of amides is 1. The van der Waals surface area contributed by atoms with E-state index in [0.29, 0.717) is 17.2 Å². The van der Waals surface area contributed by atoms with Crippen LogP contribution in [-0.2, 0) is 0 Å². The van der Waals surface area contributed by atoms with E-state index in [0.717, 1.165) is 25.8 Å². The predicted octanol–water partition coefficient (Wildman–Crippen LogP) is 3.22. The van der Waals surface area contributed by atoms with E-state index in [4.69, 9.17) is 5.73 Å². The van der Waals surface area contributed by atoms with E-state index in [9.17, 15) is 4.79 Å². The van der Waals surface area contributed by atoms with Gasteiger partial charge in [0.2, 0.25) is 0 Å². The van der Waals surface area contributed by atoms with Crippen LogP contribution in [0.2, 0.25) is 0 Å². The van der Waals surface area contributed by atoms with Gasteiger partial charge in [0.25, 0.3) is 5.91 Å². The standard InChI is InChI=1S/C16H28N4O/c1-6-7-8-9-20(12(4)5)16(21)14-13(17)10-18-15(19-14)11(2)3/h10-12H,6-9,17H2,1-5H3. The number of unbranched alkanes of at least 4 members (excludes halogenated alkanes) is 2. The molecule has 2 N–H and O–H groups in total. The summed E-state index contributed by atoms with van der Waals surface area (Å²) in [6.45, 7) is 10.9. The van der Waals surface area contributed by atoms with Crippen molar-refractivity contribution in [3.05, 3.63) is 17.7 Å². The van der Waals surface area contributed by atoms with Gasteiger partial charge in [-0.05, 0) is 20.3 Å². The number of carbonyl (C=O) groups is 1. The van der Waals surface area contributed by atoms with Crippen molar-refractivity contribution in [2.75, 3.05) is 12.3 Å². The lowest BCUT2D eigenvalue weighted by atomic mass is 10.1. The van der Waals surface area contributed by atoms with E-state index < -0.39 is 0 Å². The molecule has 1 aromatic heterocycles. The Balaban J connectivity index is 3.00. The fourth-order valence-corrected chi connectivity index (χ4v) is 2.12. The molecular formula is C16H28N4O. The fourth-order valence-electron chi connectivity index (χ4n) is 2.12. The van der Waals surface area contributed by atoms with E-state index in [-0.39, 0.29) is 17.9 Å². The van der Waals surface area contributed by atoms with Gasteiger partial charge in [0.05, 0.1) is 11.9 Å². The van der Waals surface area contributed by atoms with E-state index in [1.165, 1.54) is 0 Å². The third-order valence-electron chi connectivity index (χ3n) is 3.44. The highest BCUT2D eigenvalue weighted by molar-refractivity contribution is 5.97. The Morgan fingerprint density at radius 3 is 2.48 bits per heavy atom. The van der Waals surface area contributed by atoms with Crippen LogP contribution in [0.3, 0.4) is 0 Å². The molecular weight excluding hydrogens is 264 g/mol. The van der Waals surface area contributed by atoms with E-state index in [1.807, 2.05) is 32.6 Å². The number of aromatic nitrogens is 2. The molecule has 1 aromatic rings. The molecule has 1 rings (SSSR count). The van der Waals surface area contributed by atoms with Crippen molar-refractivity contribution < 1.29 is 4.79 Å². The first-order valence-corrected chi connectivity index (χ1v) is 7.81. The molecule has 5 heteroatoms. The van der Waals surface area contributed by atoms with Crippen molar-refractivity contribution in [3.63, 3.8) is 0 Å². The van der Waals surface area contributed by atoms with Gasteiger partial charge in [0.1, 0.15) is 5.82 Å². The van der Waals surface area contributed by atoms with E-state index in [2.05, 4.69) is 16.9 Å². The molecule has 118 valence electrons. The van der Waals surface area contributed by atoms with Crippen LogP contribution in [0.4, 0.5) is 5.69 Å². The highest BCUT2D eigenvalue weighted by Gasteiger charge is 2.23. The third-order valence-corrected chi connectivity index (χ3v) is 3.44. The van der Waals surface area contributed by atoms with Crippen molar-refractivity contribution in [2.24, 2.45) is 0 Å². The number of nitrogen functional groups attached to an aromatic ring is 1. The molecule has 0 bridgehead atoms. The van der Waals surface area contributed by atoms with Gasteiger partial charge in [-0.3, -0.25) is 4.79 Å². The first-order chi connectivity index (χ1) is 9.88. The molecule has 0 atom stereocenters. The summed E-state index contributed by atoms with van der Waals surface area (Å²) in [6.07, 6.45) is 4.79. The lowest BCUT2D eigenvalue weighted by Gasteiger charge is -2.27. The summed E-state index contributed by atoms with van der Waals surface area (Å²) < 4.78 is 0. The number of hydrogen-bond donors (Lipinski definition) is 1. The fraction of sp³-hybridized carbons (Fsp3) is 0.688. The third kappa shape index (κ3) is 4.69. The Morgan fingerprint density at radius 2 is 1.95 bits per heavy atom. The molecule has 0 aromatic carbocycles. The van der Waals surface area contributed by atoms with Gasteiger partial charge in [0, 0.05) is 18.5 Å². The lowest BCUT2D eigenvalue weighted by molar-refractivity contribution is 0.0697. The summed E-state index contributed by atoms with van der Waals surface area (Å²) in [5.74, 6) is 0.734. The normalized spacial score (nSPS) is 11.2. The van der Waals surface area contributed by atoms with Crippen LogP contribution < -0.4 is 5.73 Å². The zero-order valence-electron chi connectivity index (χ0n) is 13.9. The summed E-state index contributed by atoms with van der Waals surface area (Å²) in [6, 6.07) is 0.131. The van der Waals surface area contributed by atoms with Crippen LogP contribution >= 0.6 is 0 Å². The van der Waals surface area contributed by atoms with Crippen LogP contribution in [0.15, 0.2) is 6.20 Å². The number of nitrogens with zero attached hydrogens (tertiary/aromatic N) is 3. The van der Waals surface area contributed by atoms with Crippen LogP contribution in [0, 0.1) is 0 Å². The lowest BCUT2D eigenvalue weighted by Crippen LogP contribution is -2.38. The molecule has 0 fully saturated rings. The molecule has 0 saturated carbocycles. The Morgan fingerprint density at radius 1 is 1.29 bits per heavy atom. The maximum absolute atomic E-state index is 12.7. The van der Waals surface area contributed by atoms with Crippen molar-refractivity contribution in [1.29, 1.82) is 0 Å². The number of rotatable bonds is 7. The number of hydrogen-bond acceptors (Lipinski definition) is 4. The minimum absolute atomic E-state index is 0.0945. The minimum Gasteiger partial charge on any atom is -0.396 e. The molecule has 0 spiro atoms. The van der Waals surface area contributed by atoms with Gasteiger partial charge >= 0.3 is 0 Å². The second-order valence-electron chi connectivity index (χ2n) is 5.99. The maximum Gasteiger partial charge on any atom is 0.274 e. The largest absolute Gasteiger partial charge is 0.396 e. The number of nitrogens with two attached hydrogens (primary N) is 1. The van der Waals surface area contributed by atoms with Gasteiger partial charge in [-0.15, -0.1) is 0 Å². The average molecular weight is 292 g/mol. The van der Waals surface area contributed by atoms with Crippen LogP contribution in [0.1, 0.15) is 76.1 Å².